The summed E-state index contributed by atoms with van der Waals surface area (Å²) in [5.41, 5.74) is 1.60. The predicted octanol–water partition coefficient (Wildman–Crippen LogP) is 3.22. The molecule has 0 bridgehead atoms. The number of carbonyl (C=O) groups is 1. The molecule has 0 aromatic carbocycles. The monoisotopic (exact) mass is 395 g/mol. The van der Waals surface area contributed by atoms with Gasteiger partial charge in [0.2, 0.25) is 5.95 Å². The molecule has 1 saturated carbocycles. The number of amides is 1. The van der Waals surface area contributed by atoms with Crippen molar-refractivity contribution in [3.63, 3.8) is 0 Å². The highest BCUT2D eigenvalue weighted by Crippen LogP contribution is 2.45. The molecule has 3 aliphatic rings. The molecule has 0 radical (unpaired) electrons. The summed E-state index contributed by atoms with van der Waals surface area (Å²) >= 11 is 0. The van der Waals surface area contributed by atoms with E-state index in [-0.39, 0.29) is 16.9 Å². The van der Waals surface area contributed by atoms with Gasteiger partial charge in [-0.05, 0) is 50.0 Å². The van der Waals surface area contributed by atoms with Crippen LogP contribution in [0, 0.1) is 5.41 Å². The quantitative estimate of drug-likeness (QED) is 0.591. The van der Waals surface area contributed by atoms with Gasteiger partial charge in [0.15, 0.2) is 0 Å². The van der Waals surface area contributed by atoms with Gasteiger partial charge >= 0.3 is 0 Å². The SMILES string of the molecule is C=C/C(=C\N=CC)C1(Nc2ncc(C(=O)N3CCC4(CCOCC4)C3)cn2)CC1. The molecular weight excluding hydrogens is 366 g/mol. The van der Waals surface area contributed by atoms with Gasteiger partial charge in [-0.25, -0.2) is 9.97 Å². The molecule has 1 aliphatic carbocycles. The molecule has 2 saturated heterocycles. The van der Waals surface area contributed by atoms with Crippen LogP contribution in [0.4, 0.5) is 5.95 Å². The predicted molar refractivity (Wildman–Crippen MR) is 113 cm³/mol. The second-order valence-electron chi connectivity index (χ2n) is 8.29. The molecule has 2 aliphatic heterocycles. The minimum Gasteiger partial charge on any atom is -0.381 e. The lowest BCUT2D eigenvalue weighted by Gasteiger charge is -2.33. The van der Waals surface area contributed by atoms with Gasteiger partial charge in [-0.1, -0.05) is 12.7 Å². The maximum absolute atomic E-state index is 12.9. The van der Waals surface area contributed by atoms with E-state index in [0.717, 1.165) is 64.0 Å². The smallest absolute Gasteiger partial charge is 0.257 e. The van der Waals surface area contributed by atoms with Gasteiger partial charge in [0.1, 0.15) is 0 Å². The number of carbonyl (C=O) groups excluding carboxylic acids is 1. The van der Waals surface area contributed by atoms with Crippen molar-refractivity contribution in [2.24, 2.45) is 10.4 Å². The summed E-state index contributed by atoms with van der Waals surface area (Å²) in [4.78, 5) is 27.9. The maximum Gasteiger partial charge on any atom is 0.257 e. The van der Waals surface area contributed by atoms with Crippen LogP contribution in [0.3, 0.4) is 0 Å². The average molecular weight is 396 g/mol. The van der Waals surface area contributed by atoms with Crippen molar-refractivity contribution in [1.82, 2.24) is 14.9 Å². The van der Waals surface area contributed by atoms with Crippen molar-refractivity contribution in [3.8, 4) is 0 Å². The molecule has 29 heavy (non-hydrogen) atoms. The number of nitrogens with zero attached hydrogens (tertiary/aromatic N) is 4. The van der Waals surface area contributed by atoms with Crippen LogP contribution < -0.4 is 5.32 Å². The highest BCUT2D eigenvalue weighted by molar-refractivity contribution is 5.94. The number of ether oxygens (including phenoxy) is 1. The topological polar surface area (TPSA) is 79.7 Å². The van der Waals surface area contributed by atoms with Gasteiger partial charge in [0.05, 0.1) is 11.1 Å². The summed E-state index contributed by atoms with van der Waals surface area (Å²) in [6.45, 7) is 9.00. The normalized spacial score (nSPS) is 22.8. The summed E-state index contributed by atoms with van der Waals surface area (Å²) in [5.74, 6) is 0.541. The van der Waals surface area contributed by atoms with E-state index in [2.05, 4.69) is 26.9 Å². The molecule has 3 heterocycles. The Balaban J connectivity index is 1.41. The van der Waals surface area contributed by atoms with E-state index in [4.69, 9.17) is 4.74 Å². The number of hydrogen-bond donors (Lipinski definition) is 1. The number of rotatable bonds is 6. The summed E-state index contributed by atoms with van der Waals surface area (Å²) in [5, 5.41) is 3.40. The first-order valence-corrected chi connectivity index (χ1v) is 10.4. The average Bonchev–Trinajstić information content (AvgIpc) is 3.41. The Morgan fingerprint density at radius 2 is 1.97 bits per heavy atom. The summed E-state index contributed by atoms with van der Waals surface area (Å²) in [6, 6.07) is 0. The molecule has 1 amide bonds. The van der Waals surface area contributed by atoms with Crippen LogP contribution >= 0.6 is 0 Å². The number of nitrogens with one attached hydrogen (secondary N) is 1. The highest BCUT2D eigenvalue weighted by Gasteiger charge is 2.46. The fraction of sp³-hybridized carbons (Fsp3) is 0.545. The van der Waals surface area contributed by atoms with Gasteiger partial charge in [0, 0.05) is 51.1 Å². The van der Waals surface area contributed by atoms with Crippen LogP contribution in [0.2, 0.25) is 0 Å². The molecule has 0 atom stereocenters. The number of aromatic nitrogens is 2. The Morgan fingerprint density at radius 3 is 2.59 bits per heavy atom. The Morgan fingerprint density at radius 1 is 1.24 bits per heavy atom. The van der Waals surface area contributed by atoms with E-state index in [1.807, 2.05) is 24.1 Å². The molecule has 3 fully saturated rings. The van der Waals surface area contributed by atoms with Gasteiger partial charge < -0.3 is 15.0 Å². The first-order valence-electron chi connectivity index (χ1n) is 10.4. The lowest BCUT2D eigenvalue weighted by molar-refractivity contribution is 0.0191. The molecule has 1 N–H and O–H groups in total. The standard InChI is InChI=1S/C22H29N5O2/c1-3-18(15-23-4-2)22(5-6-22)26-20-24-13-17(14-25-20)19(28)27-10-7-21(16-27)8-11-29-12-9-21/h3-4,13-15H,1,5-12,16H2,2H3,(H,24,25,26)/b18-15+,23-4?. The number of anilines is 1. The van der Waals surface area contributed by atoms with E-state index in [1.165, 1.54) is 0 Å². The fourth-order valence-electron chi connectivity index (χ4n) is 4.36. The van der Waals surface area contributed by atoms with E-state index < -0.39 is 0 Å². The van der Waals surface area contributed by atoms with Gasteiger partial charge in [-0.15, -0.1) is 0 Å². The van der Waals surface area contributed by atoms with E-state index in [9.17, 15) is 4.79 Å². The molecule has 1 spiro atoms. The summed E-state index contributed by atoms with van der Waals surface area (Å²) < 4.78 is 5.49. The van der Waals surface area contributed by atoms with Crippen molar-refractivity contribution in [2.45, 2.75) is 44.6 Å². The molecule has 0 unspecified atom stereocenters. The van der Waals surface area contributed by atoms with Crippen LogP contribution in [0.1, 0.15) is 49.4 Å². The molecule has 4 rings (SSSR count). The second-order valence-corrected chi connectivity index (χ2v) is 8.29. The zero-order valence-electron chi connectivity index (χ0n) is 17.1. The van der Waals surface area contributed by atoms with Crippen LogP contribution in [0.15, 0.2) is 41.8 Å². The van der Waals surface area contributed by atoms with Crippen molar-refractivity contribution in [1.29, 1.82) is 0 Å². The number of aliphatic imine (C=N–C) groups is 1. The Kier molecular flexibility index (Phi) is 5.50. The van der Waals surface area contributed by atoms with Crippen molar-refractivity contribution in [3.05, 3.63) is 42.4 Å². The third-order valence-electron chi connectivity index (χ3n) is 6.41. The molecule has 7 nitrogen and oxygen atoms in total. The van der Waals surface area contributed by atoms with Gasteiger partial charge in [-0.2, -0.15) is 0 Å². The van der Waals surface area contributed by atoms with E-state index in [1.54, 1.807) is 18.6 Å². The lowest BCUT2D eigenvalue weighted by Crippen LogP contribution is -2.35. The van der Waals surface area contributed by atoms with E-state index in [0.29, 0.717) is 11.5 Å². The minimum atomic E-state index is -0.204. The largest absolute Gasteiger partial charge is 0.381 e. The van der Waals surface area contributed by atoms with Crippen LogP contribution in [-0.4, -0.2) is 58.8 Å². The van der Waals surface area contributed by atoms with Crippen molar-refractivity contribution >= 4 is 18.1 Å². The second kappa shape index (κ2) is 8.06. The zero-order valence-corrected chi connectivity index (χ0v) is 17.1. The van der Waals surface area contributed by atoms with Crippen molar-refractivity contribution < 1.29 is 9.53 Å². The summed E-state index contributed by atoms with van der Waals surface area (Å²) in [7, 11) is 0. The molecule has 1 aromatic rings. The highest BCUT2D eigenvalue weighted by atomic mass is 16.5. The molecule has 1 aromatic heterocycles. The molecule has 7 heteroatoms. The summed E-state index contributed by atoms with van der Waals surface area (Å²) in [6.07, 6.45) is 13.8. The van der Waals surface area contributed by atoms with Crippen LogP contribution in [0.25, 0.3) is 0 Å². The fourth-order valence-corrected chi connectivity index (χ4v) is 4.36. The Hall–Kier alpha value is -2.54. The van der Waals surface area contributed by atoms with Gasteiger partial charge in [0.25, 0.3) is 5.91 Å². The maximum atomic E-state index is 12.9. The number of hydrogen-bond acceptors (Lipinski definition) is 6. The Labute approximate surface area is 172 Å². The van der Waals surface area contributed by atoms with Gasteiger partial charge in [-0.3, -0.25) is 9.79 Å². The van der Waals surface area contributed by atoms with E-state index >= 15 is 0 Å². The number of likely N-dealkylation sites (tertiary alicyclic amines) is 1. The van der Waals surface area contributed by atoms with Crippen LogP contribution in [-0.2, 0) is 4.74 Å². The molecular formula is C22H29N5O2. The van der Waals surface area contributed by atoms with Crippen LogP contribution in [0.5, 0.6) is 0 Å². The first kappa shape index (κ1) is 19.8. The third kappa shape index (κ3) is 4.10. The molecule has 154 valence electrons. The van der Waals surface area contributed by atoms with Crippen molar-refractivity contribution in [2.75, 3.05) is 31.6 Å². The third-order valence-corrected chi connectivity index (χ3v) is 6.41. The Bertz CT molecular complexity index is 820. The lowest BCUT2D eigenvalue weighted by atomic mass is 9.80. The first-order chi connectivity index (χ1) is 14.1. The minimum absolute atomic E-state index is 0.0185. The zero-order chi connectivity index (χ0) is 20.3.